The molecule has 0 radical (unpaired) electrons. The van der Waals surface area contributed by atoms with E-state index in [2.05, 4.69) is 132 Å². The summed E-state index contributed by atoms with van der Waals surface area (Å²) in [6.07, 6.45) is 3.76. The van der Waals surface area contributed by atoms with E-state index in [-0.39, 0.29) is 0 Å². The Morgan fingerprint density at radius 1 is 0.410 bits per heavy atom. The van der Waals surface area contributed by atoms with Crippen LogP contribution in [0.15, 0.2) is 140 Å². The molecule has 0 saturated carbocycles. The van der Waals surface area contributed by atoms with Crippen molar-refractivity contribution in [3.05, 3.63) is 140 Å². The van der Waals surface area contributed by atoms with Crippen molar-refractivity contribution in [3.63, 3.8) is 0 Å². The second-order valence-electron chi connectivity index (χ2n) is 10.00. The lowest BCUT2D eigenvalue weighted by atomic mass is 9.85. The number of pyridine rings is 1. The molecule has 0 amide bonds. The Bertz CT molecular complexity index is 2070. The average molecular weight is 514 g/mol. The molecule has 39 heavy (non-hydrogen) atoms. The Hall–Kier alpha value is -4.79. The van der Waals surface area contributed by atoms with E-state index in [1.165, 1.54) is 75.5 Å². The van der Waals surface area contributed by atoms with Crippen LogP contribution in [0, 0.1) is 0 Å². The van der Waals surface area contributed by atoms with Gasteiger partial charge in [0.25, 0.3) is 0 Å². The molecule has 1 nitrogen and oxygen atoms in total. The predicted octanol–water partition coefficient (Wildman–Crippen LogP) is 10.7. The number of rotatable bonds is 4. The van der Waals surface area contributed by atoms with Gasteiger partial charge in [-0.2, -0.15) is 0 Å². The highest BCUT2D eigenvalue weighted by Gasteiger charge is 2.16. The molecule has 0 fully saturated rings. The minimum Gasteiger partial charge on any atom is -0.265 e. The van der Waals surface area contributed by atoms with Crippen LogP contribution in [0.4, 0.5) is 0 Å². The van der Waals surface area contributed by atoms with Gasteiger partial charge in [-0.1, -0.05) is 97.1 Å². The van der Waals surface area contributed by atoms with Gasteiger partial charge in [-0.05, 0) is 96.0 Å². The standard InChI is InChI=1S/C37H23NS/c1-2-5-26(6-3-1)34-17-18-35(39-34)27-11-9-24(10-12-27)32-23-33(25-19-21-38-22-20-25)31-16-14-29-8-4-7-28-13-15-30(32)37(31)36(28)29/h1-23H. The molecule has 8 rings (SSSR count). The largest absolute Gasteiger partial charge is 0.265 e. The van der Waals surface area contributed by atoms with Gasteiger partial charge in [-0.15, -0.1) is 11.3 Å². The third-order valence-electron chi connectivity index (χ3n) is 7.78. The molecule has 0 aliphatic carbocycles. The van der Waals surface area contributed by atoms with E-state index in [9.17, 15) is 0 Å². The van der Waals surface area contributed by atoms with Gasteiger partial charge in [0.05, 0.1) is 0 Å². The number of aromatic nitrogens is 1. The van der Waals surface area contributed by atoms with Crippen molar-refractivity contribution in [2.24, 2.45) is 0 Å². The molecule has 2 heteroatoms. The van der Waals surface area contributed by atoms with Gasteiger partial charge in [0, 0.05) is 22.1 Å². The van der Waals surface area contributed by atoms with Crippen molar-refractivity contribution in [3.8, 4) is 43.1 Å². The van der Waals surface area contributed by atoms with E-state index in [1.54, 1.807) is 0 Å². The molecular weight excluding hydrogens is 490 g/mol. The quantitative estimate of drug-likeness (QED) is 0.213. The van der Waals surface area contributed by atoms with E-state index in [4.69, 9.17) is 0 Å². The maximum absolute atomic E-state index is 4.27. The van der Waals surface area contributed by atoms with Gasteiger partial charge in [-0.3, -0.25) is 4.98 Å². The Morgan fingerprint density at radius 3 is 1.62 bits per heavy atom. The van der Waals surface area contributed by atoms with Crippen molar-refractivity contribution in [1.82, 2.24) is 4.98 Å². The number of hydrogen-bond acceptors (Lipinski definition) is 2. The number of thiophene rings is 1. The van der Waals surface area contributed by atoms with Crippen LogP contribution in [0.5, 0.6) is 0 Å². The highest BCUT2D eigenvalue weighted by Crippen LogP contribution is 2.44. The second-order valence-corrected chi connectivity index (χ2v) is 11.1. The smallest absolute Gasteiger partial charge is 0.0349 e. The summed E-state index contributed by atoms with van der Waals surface area (Å²) in [5, 5.41) is 7.82. The molecule has 6 aromatic carbocycles. The number of hydrogen-bond donors (Lipinski definition) is 0. The normalized spacial score (nSPS) is 11.6. The van der Waals surface area contributed by atoms with Gasteiger partial charge in [0.1, 0.15) is 0 Å². The monoisotopic (exact) mass is 513 g/mol. The molecular formula is C37H23NS. The van der Waals surface area contributed by atoms with E-state index < -0.39 is 0 Å². The second kappa shape index (κ2) is 8.90. The SMILES string of the molecule is c1ccc(-c2ccc(-c3ccc(-c4cc(-c5ccncc5)c5ccc6cccc7ccc4c5c67)cc3)s2)cc1. The van der Waals surface area contributed by atoms with E-state index in [0.29, 0.717) is 0 Å². The molecule has 2 aromatic heterocycles. The summed E-state index contributed by atoms with van der Waals surface area (Å²) < 4.78 is 0. The lowest BCUT2D eigenvalue weighted by Crippen LogP contribution is -1.91. The zero-order valence-corrected chi connectivity index (χ0v) is 22.0. The molecule has 2 heterocycles. The zero-order valence-electron chi connectivity index (χ0n) is 21.1. The molecule has 8 aromatic rings. The van der Waals surface area contributed by atoms with Crippen molar-refractivity contribution in [1.29, 1.82) is 0 Å². The van der Waals surface area contributed by atoms with Crippen LogP contribution >= 0.6 is 11.3 Å². The van der Waals surface area contributed by atoms with Crippen molar-refractivity contribution < 1.29 is 0 Å². The Balaban J connectivity index is 1.31. The fraction of sp³-hybridized carbons (Fsp3) is 0. The third kappa shape index (κ3) is 3.64. The first-order chi connectivity index (χ1) is 19.3. The summed E-state index contributed by atoms with van der Waals surface area (Å²) in [6.45, 7) is 0. The fourth-order valence-corrected chi connectivity index (χ4v) is 6.92. The predicted molar refractivity (Wildman–Crippen MR) is 168 cm³/mol. The molecule has 0 N–H and O–H groups in total. The van der Waals surface area contributed by atoms with Crippen molar-refractivity contribution in [2.75, 3.05) is 0 Å². The first-order valence-electron chi connectivity index (χ1n) is 13.2. The molecule has 0 spiro atoms. The highest BCUT2D eigenvalue weighted by molar-refractivity contribution is 7.18. The molecule has 0 aliphatic rings. The number of benzene rings is 6. The average Bonchev–Trinajstić information content (AvgIpc) is 3.51. The molecule has 0 unspecified atom stereocenters. The molecule has 0 atom stereocenters. The first kappa shape index (κ1) is 22.2. The van der Waals surface area contributed by atoms with E-state index in [0.717, 1.165) is 0 Å². The highest BCUT2D eigenvalue weighted by atomic mass is 32.1. The van der Waals surface area contributed by atoms with Gasteiger partial charge in [-0.25, -0.2) is 0 Å². The third-order valence-corrected chi connectivity index (χ3v) is 8.97. The topological polar surface area (TPSA) is 12.9 Å². The maximum Gasteiger partial charge on any atom is 0.0349 e. The molecule has 182 valence electrons. The molecule has 0 bridgehead atoms. The van der Waals surface area contributed by atoms with Gasteiger partial charge >= 0.3 is 0 Å². The van der Waals surface area contributed by atoms with Crippen LogP contribution in [-0.4, -0.2) is 4.98 Å². The van der Waals surface area contributed by atoms with Gasteiger partial charge < -0.3 is 0 Å². The molecule has 0 aliphatic heterocycles. The van der Waals surface area contributed by atoms with E-state index >= 15 is 0 Å². The summed E-state index contributed by atoms with van der Waals surface area (Å²) in [7, 11) is 0. The summed E-state index contributed by atoms with van der Waals surface area (Å²) in [4.78, 5) is 6.85. The Kier molecular flexibility index (Phi) is 5.07. The van der Waals surface area contributed by atoms with Crippen LogP contribution in [0.1, 0.15) is 0 Å². The van der Waals surface area contributed by atoms with Crippen LogP contribution < -0.4 is 0 Å². The minimum absolute atomic E-state index is 1.19. The van der Waals surface area contributed by atoms with Crippen molar-refractivity contribution in [2.45, 2.75) is 0 Å². The lowest BCUT2D eigenvalue weighted by molar-refractivity contribution is 1.33. The fourth-order valence-electron chi connectivity index (χ4n) is 5.91. The van der Waals surface area contributed by atoms with Crippen LogP contribution in [0.25, 0.3) is 75.5 Å². The van der Waals surface area contributed by atoms with Crippen LogP contribution in [0.2, 0.25) is 0 Å². The summed E-state index contributed by atoms with van der Waals surface area (Å²) in [6, 6.07) is 46.5. The zero-order chi connectivity index (χ0) is 25.8. The summed E-state index contributed by atoms with van der Waals surface area (Å²) in [5.74, 6) is 0. The molecule has 0 saturated heterocycles. The lowest BCUT2D eigenvalue weighted by Gasteiger charge is -2.18. The van der Waals surface area contributed by atoms with Crippen molar-refractivity contribution >= 4 is 43.7 Å². The van der Waals surface area contributed by atoms with E-state index in [1.807, 2.05) is 23.7 Å². The van der Waals surface area contributed by atoms with Crippen LogP contribution in [0.3, 0.4) is 0 Å². The Labute approximate surface area is 231 Å². The Morgan fingerprint density at radius 2 is 0.974 bits per heavy atom. The van der Waals surface area contributed by atoms with Crippen LogP contribution in [-0.2, 0) is 0 Å². The number of nitrogens with zero attached hydrogens (tertiary/aromatic N) is 1. The van der Waals surface area contributed by atoms with Gasteiger partial charge in [0.2, 0.25) is 0 Å². The first-order valence-corrected chi connectivity index (χ1v) is 14.0. The van der Waals surface area contributed by atoms with Gasteiger partial charge in [0.15, 0.2) is 0 Å². The summed E-state index contributed by atoms with van der Waals surface area (Å²) in [5.41, 5.74) is 7.43. The summed E-state index contributed by atoms with van der Waals surface area (Å²) >= 11 is 1.84. The maximum atomic E-state index is 4.27. The minimum atomic E-state index is 1.19.